The van der Waals surface area contributed by atoms with Crippen LogP contribution in [0.1, 0.15) is 17.7 Å². The zero-order valence-electron chi connectivity index (χ0n) is 7.43. The van der Waals surface area contributed by atoms with Crippen LogP contribution in [0.25, 0.3) is 0 Å². The van der Waals surface area contributed by atoms with Crippen molar-refractivity contribution < 1.29 is 13.5 Å². The van der Waals surface area contributed by atoms with Crippen LogP contribution in [-0.4, -0.2) is 12.1 Å². The molecule has 1 aromatic rings. The van der Waals surface area contributed by atoms with E-state index in [1.54, 1.807) is 0 Å². The summed E-state index contributed by atoms with van der Waals surface area (Å²) >= 11 is 1.89. The summed E-state index contributed by atoms with van der Waals surface area (Å²) in [6.45, 7) is -0.0209. The fourth-order valence-electron chi connectivity index (χ4n) is 1.02. The van der Waals surface area contributed by atoms with E-state index < -0.39 is 6.43 Å². The third kappa shape index (κ3) is 2.30. The van der Waals surface area contributed by atoms with E-state index in [1.165, 1.54) is 13.2 Å². The summed E-state index contributed by atoms with van der Waals surface area (Å²) in [6, 6.07) is 1.35. The minimum Gasteiger partial charge on any atom is -0.480 e. The van der Waals surface area contributed by atoms with Gasteiger partial charge in [-0.2, -0.15) is 0 Å². The predicted molar refractivity (Wildman–Crippen MR) is 56.4 cm³/mol. The summed E-state index contributed by atoms with van der Waals surface area (Å²) in [5.74, 6) is 0.329. The van der Waals surface area contributed by atoms with Gasteiger partial charge in [-0.15, -0.1) is 0 Å². The van der Waals surface area contributed by atoms with E-state index in [9.17, 15) is 8.78 Å². The van der Waals surface area contributed by atoms with E-state index in [1.807, 2.05) is 22.6 Å². The molecule has 1 rings (SSSR count). The molecule has 0 aromatic carbocycles. The first-order valence-corrected chi connectivity index (χ1v) is 4.89. The van der Waals surface area contributed by atoms with Gasteiger partial charge in [0.25, 0.3) is 6.43 Å². The minimum absolute atomic E-state index is 0.0209. The van der Waals surface area contributed by atoms with Crippen molar-refractivity contribution in [2.24, 2.45) is 5.73 Å². The van der Waals surface area contributed by atoms with Crippen molar-refractivity contribution in [3.63, 3.8) is 0 Å². The highest BCUT2D eigenvalue weighted by Crippen LogP contribution is 2.27. The molecule has 78 valence electrons. The van der Waals surface area contributed by atoms with Crippen molar-refractivity contribution in [1.82, 2.24) is 4.98 Å². The fourth-order valence-corrected chi connectivity index (χ4v) is 1.69. The second-order valence-corrected chi connectivity index (χ2v) is 3.68. The Balaban J connectivity index is 3.24. The molecule has 14 heavy (non-hydrogen) atoms. The number of ether oxygens (including phenoxy) is 1. The zero-order valence-corrected chi connectivity index (χ0v) is 9.59. The Kier molecular flexibility index (Phi) is 3.99. The van der Waals surface area contributed by atoms with Crippen molar-refractivity contribution in [1.29, 1.82) is 0 Å². The molecule has 0 bridgehead atoms. The van der Waals surface area contributed by atoms with Crippen LogP contribution in [0.5, 0.6) is 5.88 Å². The highest BCUT2D eigenvalue weighted by molar-refractivity contribution is 14.1. The Morgan fingerprint density at radius 2 is 2.29 bits per heavy atom. The van der Waals surface area contributed by atoms with Crippen molar-refractivity contribution in [2.45, 2.75) is 13.0 Å². The van der Waals surface area contributed by atoms with Crippen LogP contribution in [0.4, 0.5) is 8.78 Å². The van der Waals surface area contributed by atoms with Gasteiger partial charge in [0.1, 0.15) is 0 Å². The van der Waals surface area contributed by atoms with E-state index in [0.717, 1.165) is 0 Å². The zero-order chi connectivity index (χ0) is 10.7. The molecular formula is C8H9F2IN2O. The van der Waals surface area contributed by atoms with Crippen LogP contribution >= 0.6 is 22.6 Å². The molecule has 0 atom stereocenters. The van der Waals surface area contributed by atoms with Gasteiger partial charge in [0.2, 0.25) is 5.88 Å². The van der Waals surface area contributed by atoms with E-state index in [-0.39, 0.29) is 17.8 Å². The molecule has 0 saturated heterocycles. The standard InChI is InChI=1S/C8H9F2IN2O/c1-14-8-5(11)2-4(7(9)10)6(3-12)13-8/h2,7H,3,12H2,1H3. The van der Waals surface area contributed by atoms with Gasteiger partial charge in [0, 0.05) is 12.1 Å². The second-order valence-electron chi connectivity index (χ2n) is 2.52. The fraction of sp³-hybridized carbons (Fsp3) is 0.375. The smallest absolute Gasteiger partial charge is 0.265 e. The van der Waals surface area contributed by atoms with Crippen LogP contribution in [0.3, 0.4) is 0 Å². The molecule has 1 aromatic heterocycles. The third-order valence-corrected chi connectivity index (χ3v) is 2.45. The van der Waals surface area contributed by atoms with Crippen LogP contribution in [0, 0.1) is 3.57 Å². The summed E-state index contributed by atoms with van der Waals surface area (Å²) in [5, 5.41) is 0. The number of hydrogen-bond acceptors (Lipinski definition) is 3. The van der Waals surface area contributed by atoms with Crippen molar-refractivity contribution in [3.8, 4) is 5.88 Å². The molecule has 0 fully saturated rings. The number of pyridine rings is 1. The average Bonchev–Trinajstić information content (AvgIpc) is 2.17. The lowest BCUT2D eigenvalue weighted by molar-refractivity contribution is 0.149. The first kappa shape index (κ1) is 11.6. The van der Waals surface area contributed by atoms with E-state index in [2.05, 4.69) is 4.98 Å². The topological polar surface area (TPSA) is 48.1 Å². The number of alkyl halides is 2. The monoisotopic (exact) mass is 314 g/mol. The number of nitrogens with zero attached hydrogens (tertiary/aromatic N) is 1. The molecule has 0 unspecified atom stereocenters. The number of hydrogen-bond donors (Lipinski definition) is 1. The van der Waals surface area contributed by atoms with Gasteiger partial charge in [0.05, 0.1) is 16.4 Å². The number of rotatable bonds is 3. The number of aromatic nitrogens is 1. The van der Waals surface area contributed by atoms with Gasteiger partial charge in [-0.1, -0.05) is 0 Å². The normalized spacial score (nSPS) is 10.7. The predicted octanol–water partition coefficient (Wildman–Crippen LogP) is 2.09. The molecule has 0 saturated carbocycles. The summed E-state index contributed by atoms with van der Waals surface area (Å²) < 4.78 is 30.4. The van der Waals surface area contributed by atoms with Gasteiger partial charge in [-0.25, -0.2) is 13.8 Å². The second kappa shape index (κ2) is 4.83. The summed E-state index contributed by atoms with van der Waals surface area (Å²) in [7, 11) is 1.44. The van der Waals surface area contributed by atoms with Crippen LogP contribution in [0.15, 0.2) is 6.07 Å². The first-order chi connectivity index (χ1) is 6.60. The molecule has 3 nitrogen and oxygen atoms in total. The molecule has 0 aliphatic carbocycles. The first-order valence-electron chi connectivity index (χ1n) is 3.81. The SMILES string of the molecule is COc1nc(CN)c(C(F)F)cc1I. The summed E-state index contributed by atoms with van der Waals surface area (Å²) in [5.41, 5.74) is 5.36. The molecule has 0 radical (unpaired) electrons. The Bertz CT molecular complexity index is 333. The molecule has 0 spiro atoms. The average molecular weight is 314 g/mol. The quantitative estimate of drug-likeness (QED) is 0.869. The van der Waals surface area contributed by atoms with Crippen LogP contribution < -0.4 is 10.5 Å². The van der Waals surface area contributed by atoms with Gasteiger partial charge in [-0.3, -0.25) is 0 Å². The highest BCUT2D eigenvalue weighted by Gasteiger charge is 2.16. The Labute approximate surface area is 93.8 Å². The molecule has 6 heteroatoms. The Morgan fingerprint density at radius 1 is 1.64 bits per heavy atom. The Hall–Kier alpha value is -0.500. The lowest BCUT2D eigenvalue weighted by Crippen LogP contribution is -2.07. The highest BCUT2D eigenvalue weighted by atomic mass is 127. The number of nitrogens with two attached hydrogens (primary N) is 1. The minimum atomic E-state index is -2.56. The third-order valence-electron chi connectivity index (χ3n) is 1.68. The maximum absolute atomic E-state index is 12.5. The van der Waals surface area contributed by atoms with Crippen molar-refractivity contribution >= 4 is 22.6 Å². The Morgan fingerprint density at radius 3 is 2.71 bits per heavy atom. The maximum Gasteiger partial charge on any atom is 0.265 e. The van der Waals surface area contributed by atoms with Crippen LogP contribution in [-0.2, 0) is 6.54 Å². The van der Waals surface area contributed by atoms with Crippen molar-refractivity contribution in [3.05, 3.63) is 20.9 Å². The molecule has 0 aliphatic rings. The van der Waals surface area contributed by atoms with Gasteiger partial charge >= 0.3 is 0 Å². The van der Waals surface area contributed by atoms with Crippen LogP contribution in [0.2, 0.25) is 0 Å². The number of methoxy groups -OCH3 is 1. The maximum atomic E-state index is 12.5. The molecular weight excluding hydrogens is 305 g/mol. The lowest BCUT2D eigenvalue weighted by Gasteiger charge is -2.09. The lowest BCUT2D eigenvalue weighted by atomic mass is 10.2. The summed E-state index contributed by atoms with van der Waals surface area (Å²) in [6.07, 6.45) is -2.56. The summed E-state index contributed by atoms with van der Waals surface area (Å²) in [4.78, 5) is 3.90. The molecule has 1 heterocycles. The van der Waals surface area contributed by atoms with Crippen molar-refractivity contribution in [2.75, 3.05) is 7.11 Å². The largest absolute Gasteiger partial charge is 0.480 e. The molecule has 2 N–H and O–H groups in total. The number of halogens is 3. The van der Waals surface area contributed by atoms with Gasteiger partial charge in [0.15, 0.2) is 0 Å². The van der Waals surface area contributed by atoms with Gasteiger partial charge in [-0.05, 0) is 28.7 Å². The van der Waals surface area contributed by atoms with E-state index >= 15 is 0 Å². The molecule has 0 amide bonds. The van der Waals surface area contributed by atoms with E-state index in [4.69, 9.17) is 10.5 Å². The van der Waals surface area contributed by atoms with E-state index in [0.29, 0.717) is 9.45 Å². The van der Waals surface area contributed by atoms with Gasteiger partial charge < -0.3 is 10.5 Å². The molecule has 0 aliphatic heterocycles.